The van der Waals surface area contributed by atoms with E-state index in [0.717, 1.165) is 19.1 Å². The molecule has 21 heavy (non-hydrogen) atoms. The lowest BCUT2D eigenvalue weighted by atomic mass is 10.0. The van der Waals surface area contributed by atoms with Crippen molar-refractivity contribution in [3.8, 4) is 0 Å². The number of rotatable bonds is 7. The van der Waals surface area contributed by atoms with E-state index in [1.807, 2.05) is 0 Å². The van der Waals surface area contributed by atoms with Crippen LogP contribution >= 0.6 is 0 Å². The number of anilines is 1. The molecule has 1 aliphatic rings. The Hall–Kier alpha value is -1.02. The highest BCUT2D eigenvalue weighted by atomic mass is 15.2. The number of hydrogen-bond acceptors (Lipinski definition) is 2. The number of hydrogen-bond donors (Lipinski definition) is 1. The van der Waals surface area contributed by atoms with Gasteiger partial charge < -0.3 is 10.2 Å². The van der Waals surface area contributed by atoms with Crippen LogP contribution in [0, 0.1) is 12.8 Å². The molecule has 0 bridgehead atoms. The Morgan fingerprint density at radius 3 is 2.57 bits per heavy atom. The Labute approximate surface area is 130 Å². The monoisotopic (exact) mass is 288 g/mol. The smallest absolute Gasteiger partial charge is 0.0414 e. The average Bonchev–Trinajstić information content (AvgIpc) is 2.97. The molecule has 1 aromatic rings. The molecule has 2 rings (SSSR count). The Balaban J connectivity index is 2.28. The lowest BCUT2D eigenvalue weighted by molar-refractivity contribution is 0.533. The second kappa shape index (κ2) is 7.84. The summed E-state index contributed by atoms with van der Waals surface area (Å²) in [6.45, 7) is 12.2. The predicted molar refractivity (Wildman–Crippen MR) is 93.0 cm³/mol. The highest BCUT2D eigenvalue weighted by molar-refractivity contribution is 5.56. The van der Waals surface area contributed by atoms with Gasteiger partial charge in [-0.1, -0.05) is 51.3 Å². The quantitative estimate of drug-likeness (QED) is 0.794. The van der Waals surface area contributed by atoms with Gasteiger partial charge in [0.15, 0.2) is 0 Å². The first-order chi connectivity index (χ1) is 10.1. The minimum absolute atomic E-state index is 0.707. The first-order valence-corrected chi connectivity index (χ1v) is 8.68. The highest BCUT2D eigenvalue weighted by Crippen LogP contribution is 2.31. The van der Waals surface area contributed by atoms with Crippen molar-refractivity contribution in [2.45, 2.75) is 66.0 Å². The van der Waals surface area contributed by atoms with Crippen LogP contribution in [0.3, 0.4) is 0 Å². The Bertz CT molecular complexity index is 433. The van der Waals surface area contributed by atoms with Crippen LogP contribution in [-0.4, -0.2) is 19.1 Å². The van der Waals surface area contributed by atoms with E-state index in [4.69, 9.17) is 0 Å². The Morgan fingerprint density at radius 1 is 1.24 bits per heavy atom. The molecule has 2 heteroatoms. The average molecular weight is 288 g/mol. The summed E-state index contributed by atoms with van der Waals surface area (Å²) >= 11 is 0. The van der Waals surface area contributed by atoms with Gasteiger partial charge in [0, 0.05) is 24.8 Å². The molecule has 0 radical (unpaired) electrons. The molecule has 2 nitrogen and oxygen atoms in total. The number of nitrogens with zero attached hydrogens (tertiary/aromatic N) is 1. The van der Waals surface area contributed by atoms with Gasteiger partial charge in [-0.05, 0) is 43.9 Å². The molecule has 0 aromatic heterocycles. The van der Waals surface area contributed by atoms with Gasteiger partial charge in [-0.15, -0.1) is 0 Å². The van der Waals surface area contributed by atoms with E-state index in [2.05, 4.69) is 56.1 Å². The maximum Gasteiger partial charge on any atom is 0.0414 e. The van der Waals surface area contributed by atoms with Crippen LogP contribution in [0.1, 0.15) is 57.6 Å². The second-order valence-electron chi connectivity index (χ2n) is 6.90. The Morgan fingerprint density at radius 2 is 1.95 bits per heavy atom. The van der Waals surface area contributed by atoms with Crippen molar-refractivity contribution >= 4 is 5.69 Å². The van der Waals surface area contributed by atoms with Crippen LogP contribution < -0.4 is 10.2 Å². The normalized spacial score (nSPS) is 15.9. The molecule has 0 saturated heterocycles. The zero-order valence-corrected chi connectivity index (χ0v) is 14.3. The Kier molecular flexibility index (Phi) is 6.10. The number of aryl methyl sites for hydroxylation is 1. The SMILES string of the molecule is CCNCc1cc(C)ccc1N(CC(C)C)C1CCCC1. The van der Waals surface area contributed by atoms with E-state index in [1.165, 1.54) is 49.0 Å². The standard InChI is InChI=1S/C19H32N2/c1-5-20-13-17-12-16(4)10-11-19(17)21(14-15(2)3)18-8-6-7-9-18/h10-12,15,18,20H,5-9,13-14H2,1-4H3. The summed E-state index contributed by atoms with van der Waals surface area (Å²) in [6, 6.07) is 7.73. The van der Waals surface area contributed by atoms with Gasteiger partial charge in [-0.25, -0.2) is 0 Å². The summed E-state index contributed by atoms with van der Waals surface area (Å²) < 4.78 is 0. The van der Waals surface area contributed by atoms with Crippen molar-refractivity contribution < 1.29 is 0 Å². The van der Waals surface area contributed by atoms with Gasteiger partial charge in [-0.2, -0.15) is 0 Å². The third-order valence-corrected chi connectivity index (χ3v) is 4.44. The zero-order valence-electron chi connectivity index (χ0n) is 14.3. The fraction of sp³-hybridized carbons (Fsp3) is 0.684. The van der Waals surface area contributed by atoms with Gasteiger partial charge in [0.1, 0.15) is 0 Å². The summed E-state index contributed by atoms with van der Waals surface area (Å²) in [5.41, 5.74) is 4.29. The lowest BCUT2D eigenvalue weighted by Crippen LogP contribution is -2.37. The summed E-state index contributed by atoms with van der Waals surface area (Å²) in [5, 5.41) is 3.50. The molecule has 1 fully saturated rings. The molecule has 1 N–H and O–H groups in total. The van der Waals surface area contributed by atoms with E-state index in [-0.39, 0.29) is 0 Å². The first kappa shape index (κ1) is 16.4. The van der Waals surface area contributed by atoms with Gasteiger partial charge in [-0.3, -0.25) is 0 Å². The highest BCUT2D eigenvalue weighted by Gasteiger charge is 2.24. The fourth-order valence-corrected chi connectivity index (χ4v) is 3.45. The van der Waals surface area contributed by atoms with Gasteiger partial charge >= 0.3 is 0 Å². The summed E-state index contributed by atoms with van der Waals surface area (Å²) in [4.78, 5) is 2.70. The fourth-order valence-electron chi connectivity index (χ4n) is 3.45. The van der Waals surface area contributed by atoms with Crippen molar-refractivity contribution in [3.63, 3.8) is 0 Å². The molecule has 0 amide bonds. The molecular formula is C19H32N2. The van der Waals surface area contributed by atoms with Crippen LogP contribution in [0.2, 0.25) is 0 Å². The molecule has 1 aromatic carbocycles. The van der Waals surface area contributed by atoms with Crippen molar-refractivity contribution in [2.24, 2.45) is 5.92 Å². The van der Waals surface area contributed by atoms with E-state index < -0.39 is 0 Å². The molecule has 0 aliphatic heterocycles. The summed E-state index contributed by atoms with van der Waals surface area (Å²) in [7, 11) is 0. The molecule has 1 aliphatic carbocycles. The van der Waals surface area contributed by atoms with Crippen molar-refractivity contribution in [1.29, 1.82) is 0 Å². The molecule has 0 atom stereocenters. The molecule has 1 saturated carbocycles. The van der Waals surface area contributed by atoms with Gasteiger partial charge in [0.2, 0.25) is 0 Å². The third kappa shape index (κ3) is 4.47. The number of nitrogens with one attached hydrogen (secondary N) is 1. The summed E-state index contributed by atoms with van der Waals surface area (Å²) in [6.07, 6.45) is 5.52. The van der Waals surface area contributed by atoms with E-state index in [1.54, 1.807) is 0 Å². The topological polar surface area (TPSA) is 15.3 Å². The van der Waals surface area contributed by atoms with Crippen molar-refractivity contribution in [2.75, 3.05) is 18.0 Å². The molecule has 0 spiro atoms. The minimum atomic E-state index is 0.707. The van der Waals surface area contributed by atoms with Crippen LogP contribution in [0.15, 0.2) is 18.2 Å². The van der Waals surface area contributed by atoms with Gasteiger partial charge in [0.25, 0.3) is 0 Å². The van der Waals surface area contributed by atoms with Crippen LogP contribution in [0.25, 0.3) is 0 Å². The van der Waals surface area contributed by atoms with E-state index in [0.29, 0.717) is 5.92 Å². The third-order valence-electron chi connectivity index (χ3n) is 4.44. The maximum atomic E-state index is 3.50. The molecule has 0 heterocycles. The second-order valence-corrected chi connectivity index (χ2v) is 6.90. The van der Waals surface area contributed by atoms with Crippen molar-refractivity contribution in [3.05, 3.63) is 29.3 Å². The maximum absolute atomic E-state index is 3.50. The largest absolute Gasteiger partial charge is 0.368 e. The summed E-state index contributed by atoms with van der Waals surface area (Å²) in [5.74, 6) is 0.707. The molecule has 0 unspecified atom stereocenters. The van der Waals surface area contributed by atoms with Crippen LogP contribution in [-0.2, 0) is 6.54 Å². The molecule has 118 valence electrons. The van der Waals surface area contributed by atoms with E-state index >= 15 is 0 Å². The lowest BCUT2D eigenvalue weighted by Gasteiger charge is -2.34. The van der Waals surface area contributed by atoms with Gasteiger partial charge in [0.05, 0.1) is 0 Å². The number of benzene rings is 1. The van der Waals surface area contributed by atoms with Crippen LogP contribution in [0.4, 0.5) is 5.69 Å². The zero-order chi connectivity index (χ0) is 15.2. The molecular weight excluding hydrogens is 256 g/mol. The van der Waals surface area contributed by atoms with E-state index in [9.17, 15) is 0 Å². The predicted octanol–water partition coefficient (Wildman–Crippen LogP) is 4.51. The first-order valence-electron chi connectivity index (χ1n) is 8.68. The van der Waals surface area contributed by atoms with Crippen LogP contribution in [0.5, 0.6) is 0 Å². The minimum Gasteiger partial charge on any atom is -0.368 e. The van der Waals surface area contributed by atoms with Crippen molar-refractivity contribution in [1.82, 2.24) is 5.32 Å².